The Labute approximate surface area is 177 Å². The third kappa shape index (κ3) is 5.34. The van der Waals surface area contributed by atoms with Crippen molar-refractivity contribution in [2.45, 2.75) is 32.7 Å². The van der Waals surface area contributed by atoms with E-state index in [1.807, 2.05) is 66.1 Å². The molecule has 2 aromatic rings. The van der Waals surface area contributed by atoms with Crippen LogP contribution in [-0.2, 0) is 23.5 Å². The smallest absolute Gasteiger partial charge is 0.398 e. The minimum Gasteiger partial charge on any atom is -0.459 e. The fourth-order valence-corrected chi connectivity index (χ4v) is 7.85. The van der Waals surface area contributed by atoms with E-state index in [1.165, 1.54) is 0 Å². The van der Waals surface area contributed by atoms with Gasteiger partial charge in [0.2, 0.25) is 0 Å². The van der Waals surface area contributed by atoms with Crippen LogP contribution in [0.25, 0.3) is 0 Å². The Balaban J connectivity index is 2.26. The molecule has 2 amide bonds. The van der Waals surface area contributed by atoms with Gasteiger partial charge in [-0.2, -0.15) is 0 Å². The predicted molar refractivity (Wildman–Crippen MR) is 116 cm³/mol. The van der Waals surface area contributed by atoms with Crippen molar-refractivity contribution in [3.8, 4) is 0 Å². The van der Waals surface area contributed by atoms with Crippen LogP contribution in [0.5, 0.6) is 0 Å². The van der Waals surface area contributed by atoms with Crippen LogP contribution in [0.4, 0.5) is 0 Å². The van der Waals surface area contributed by atoms with E-state index in [0.29, 0.717) is 0 Å². The summed E-state index contributed by atoms with van der Waals surface area (Å²) in [6.07, 6.45) is 0. The summed E-state index contributed by atoms with van der Waals surface area (Å²) in [5, 5.41) is 1.78. The van der Waals surface area contributed by atoms with Gasteiger partial charge in [0, 0.05) is 0 Å². The Hall–Kier alpha value is -2.97. The zero-order chi connectivity index (χ0) is 22.2. The van der Waals surface area contributed by atoms with Crippen molar-refractivity contribution >= 4 is 36.5 Å². The number of carbonyl (C=O) groups excluding carboxylic acids is 3. The summed E-state index contributed by atoms with van der Waals surface area (Å²) in [6, 6.07) is 19.8. The first-order valence-electron chi connectivity index (χ1n) is 9.73. The Morgan fingerprint density at radius 2 is 1.37 bits per heavy atom. The molecule has 0 saturated heterocycles. The highest BCUT2D eigenvalue weighted by Gasteiger charge is 2.50. The third-order valence-corrected chi connectivity index (χ3v) is 9.60. The summed E-state index contributed by atoms with van der Waals surface area (Å²) in [5.74, 6) is -2.68. The molecule has 0 atom stereocenters. The Morgan fingerprint density at radius 3 is 1.80 bits per heavy atom. The molecule has 0 spiro atoms. The van der Waals surface area contributed by atoms with E-state index in [9.17, 15) is 14.4 Å². The van der Waals surface area contributed by atoms with Gasteiger partial charge in [0.25, 0.3) is 14.2 Å². The number of hydrogen-bond acceptors (Lipinski definition) is 5. The van der Waals surface area contributed by atoms with Crippen molar-refractivity contribution in [1.82, 2.24) is 10.9 Å². The molecule has 160 valence electrons. The van der Waals surface area contributed by atoms with Crippen molar-refractivity contribution < 1.29 is 23.5 Å². The van der Waals surface area contributed by atoms with Crippen LogP contribution < -0.4 is 21.2 Å². The van der Waals surface area contributed by atoms with Crippen molar-refractivity contribution in [2.24, 2.45) is 0 Å². The summed E-state index contributed by atoms with van der Waals surface area (Å²) >= 11 is 0. The second-order valence-electron chi connectivity index (χ2n) is 7.67. The fourth-order valence-electron chi connectivity index (χ4n) is 3.35. The lowest BCUT2D eigenvalue weighted by Gasteiger charge is -2.42. The second kappa shape index (κ2) is 10.2. The molecule has 0 aliphatic carbocycles. The van der Waals surface area contributed by atoms with E-state index < -0.39 is 26.1 Å². The highest BCUT2D eigenvalue weighted by atomic mass is 28.4. The average molecular weight is 429 g/mol. The number of ether oxygens (including phenoxy) is 1. The van der Waals surface area contributed by atoms with E-state index in [0.717, 1.165) is 10.4 Å². The van der Waals surface area contributed by atoms with E-state index >= 15 is 0 Å². The Morgan fingerprint density at radius 1 is 0.867 bits per heavy atom. The maximum absolute atomic E-state index is 12.4. The van der Waals surface area contributed by atoms with Crippen molar-refractivity contribution in [3.63, 3.8) is 0 Å². The molecule has 0 radical (unpaired) electrons. The standard InChI is InChI=1S/C22H28N2O5Si/c1-5-28-21(27)20(26)24-23-19(25)16-29-30(22(2,3)4,17-12-8-6-9-13-17)18-14-10-7-11-15-18/h6-15H,5,16H2,1-4H3,(H,23,25)(H,24,26). The van der Waals surface area contributed by atoms with E-state index in [2.05, 4.69) is 30.9 Å². The first-order chi connectivity index (χ1) is 14.2. The lowest BCUT2D eigenvalue weighted by Crippen LogP contribution is -2.67. The highest BCUT2D eigenvalue weighted by molar-refractivity contribution is 6.99. The number of esters is 1. The predicted octanol–water partition coefficient (Wildman–Crippen LogP) is 1.27. The molecule has 30 heavy (non-hydrogen) atoms. The molecule has 7 nitrogen and oxygen atoms in total. The molecular formula is C22H28N2O5Si. The Bertz CT molecular complexity index is 827. The molecule has 2 rings (SSSR count). The normalized spacial score (nSPS) is 11.5. The van der Waals surface area contributed by atoms with Crippen molar-refractivity contribution in [3.05, 3.63) is 60.7 Å². The topological polar surface area (TPSA) is 93.7 Å². The zero-order valence-corrected chi connectivity index (χ0v) is 18.7. The summed E-state index contributed by atoms with van der Waals surface area (Å²) in [5.41, 5.74) is 4.25. The first-order valence-corrected chi connectivity index (χ1v) is 11.6. The largest absolute Gasteiger partial charge is 0.459 e. The van der Waals surface area contributed by atoms with Gasteiger partial charge in [-0.3, -0.25) is 20.4 Å². The molecule has 8 heteroatoms. The van der Waals surface area contributed by atoms with Crippen LogP contribution in [0.15, 0.2) is 60.7 Å². The summed E-state index contributed by atoms with van der Waals surface area (Å²) in [7, 11) is -2.87. The zero-order valence-electron chi connectivity index (χ0n) is 17.7. The van der Waals surface area contributed by atoms with Gasteiger partial charge in [-0.1, -0.05) is 81.4 Å². The lowest BCUT2D eigenvalue weighted by molar-refractivity contribution is -0.155. The van der Waals surface area contributed by atoms with Crippen LogP contribution >= 0.6 is 0 Å². The van der Waals surface area contributed by atoms with E-state index in [1.54, 1.807) is 6.92 Å². The van der Waals surface area contributed by atoms with E-state index in [4.69, 9.17) is 4.43 Å². The molecule has 2 N–H and O–H groups in total. The fraction of sp³-hybridized carbons (Fsp3) is 0.318. The molecule has 0 heterocycles. The van der Waals surface area contributed by atoms with Gasteiger partial charge in [0.05, 0.1) is 6.61 Å². The van der Waals surface area contributed by atoms with Gasteiger partial charge in [0.1, 0.15) is 6.61 Å². The molecule has 0 fully saturated rings. The van der Waals surface area contributed by atoms with Crippen LogP contribution in [0, 0.1) is 0 Å². The van der Waals surface area contributed by atoms with Gasteiger partial charge < -0.3 is 9.16 Å². The maximum Gasteiger partial charge on any atom is 0.398 e. The number of hydrogen-bond donors (Lipinski definition) is 2. The lowest BCUT2D eigenvalue weighted by atomic mass is 10.2. The first kappa shape index (κ1) is 23.3. The maximum atomic E-state index is 12.4. The minimum absolute atomic E-state index is 0.0666. The van der Waals surface area contributed by atoms with Gasteiger partial charge >= 0.3 is 11.9 Å². The summed E-state index contributed by atoms with van der Waals surface area (Å²) in [4.78, 5) is 35.4. The molecule has 0 aliphatic rings. The van der Waals surface area contributed by atoms with Gasteiger partial charge in [-0.25, -0.2) is 4.79 Å². The van der Waals surface area contributed by atoms with Gasteiger partial charge in [0.15, 0.2) is 0 Å². The summed E-state index contributed by atoms with van der Waals surface area (Å²) < 4.78 is 11.0. The van der Waals surface area contributed by atoms with Crippen molar-refractivity contribution in [1.29, 1.82) is 0 Å². The van der Waals surface area contributed by atoms with Crippen LogP contribution in [-0.4, -0.2) is 39.3 Å². The minimum atomic E-state index is -2.87. The molecule has 0 aliphatic heterocycles. The molecule has 0 bridgehead atoms. The molecule has 0 unspecified atom stereocenters. The molecular weight excluding hydrogens is 400 g/mol. The Kier molecular flexibility index (Phi) is 7.90. The molecule has 0 saturated carbocycles. The van der Waals surface area contributed by atoms with E-state index in [-0.39, 0.29) is 18.3 Å². The third-order valence-electron chi connectivity index (χ3n) is 4.61. The molecule has 2 aromatic carbocycles. The number of hydrazine groups is 1. The number of amides is 2. The van der Waals surface area contributed by atoms with Crippen LogP contribution in [0.1, 0.15) is 27.7 Å². The number of nitrogens with one attached hydrogen (secondary N) is 2. The second-order valence-corrected chi connectivity index (χ2v) is 12.0. The van der Waals surface area contributed by atoms with Gasteiger partial charge in [-0.15, -0.1) is 0 Å². The van der Waals surface area contributed by atoms with Crippen molar-refractivity contribution in [2.75, 3.05) is 13.2 Å². The quantitative estimate of drug-likeness (QED) is 0.313. The van der Waals surface area contributed by atoms with Crippen LogP contribution in [0.2, 0.25) is 5.04 Å². The highest BCUT2D eigenvalue weighted by Crippen LogP contribution is 2.36. The average Bonchev–Trinajstić information content (AvgIpc) is 2.73. The summed E-state index contributed by atoms with van der Waals surface area (Å²) in [6.45, 7) is 7.66. The van der Waals surface area contributed by atoms with Crippen LogP contribution in [0.3, 0.4) is 0 Å². The van der Waals surface area contributed by atoms with Gasteiger partial charge in [-0.05, 0) is 22.3 Å². The SMILES string of the molecule is CCOC(=O)C(=O)NNC(=O)CO[Si](c1ccccc1)(c1ccccc1)C(C)(C)C. The molecule has 0 aromatic heterocycles. The number of benzene rings is 2. The number of rotatable bonds is 6. The number of carbonyl (C=O) groups is 3. The monoisotopic (exact) mass is 428 g/mol.